The van der Waals surface area contributed by atoms with Gasteiger partial charge in [0, 0.05) is 18.2 Å². The molecule has 30 heavy (non-hydrogen) atoms. The van der Waals surface area contributed by atoms with Gasteiger partial charge in [0.05, 0.1) is 6.04 Å². The number of carbonyl (C=O) groups excluding carboxylic acids is 2. The molecule has 1 aliphatic carbocycles. The van der Waals surface area contributed by atoms with Gasteiger partial charge in [-0.3, -0.25) is 14.5 Å². The van der Waals surface area contributed by atoms with Gasteiger partial charge in [0.2, 0.25) is 5.91 Å². The molecule has 1 fully saturated rings. The van der Waals surface area contributed by atoms with Crippen molar-refractivity contribution >= 4 is 11.8 Å². The summed E-state index contributed by atoms with van der Waals surface area (Å²) in [4.78, 5) is 26.4. The molecule has 0 radical (unpaired) electrons. The first kappa shape index (κ1) is 24.2. The number of halogens is 3. The summed E-state index contributed by atoms with van der Waals surface area (Å²) in [6, 6.07) is 6.23. The summed E-state index contributed by atoms with van der Waals surface area (Å²) in [5.74, 6) is 0.280. The highest BCUT2D eigenvalue weighted by atomic mass is 19.4. The van der Waals surface area contributed by atoms with Gasteiger partial charge < -0.3 is 10.6 Å². The Kier molecular flexibility index (Phi) is 8.29. The van der Waals surface area contributed by atoms with E-state index in [1.165, 1.54) is 18.6 Å². The van der Waals surface area contributed by atoms with Gasteiger partial charge in [-0.05, 0) is 49.9 Å². The zero-order chi connectivity index (χ0) is 22.5. The van der Waals surface area contributed by atoms with Crippen molar-refractivity contribution in [2.45, 2.75) is 64.8 Å². The van der Waals surface area contributed by atoms with Crippen molar-refractivity contribution in [1.29, 1.82) is 0 Å². The average Bonchev–Trinajstić information content (AvgIpc) is 2.69. The lowest BCUT2D eigenvalue weighted by Gasteiger charge is -2.36. The zero-order valence-electron chi connectivity index (χ0n) is 18.1. The van der Waals surface area contributed by atoms with E-state index in [0.29, 0.717) is 18.4 Å². The average molecular weight is 428 g/mol. The lowest BCUT2D eigenvalue weighted by atomic mass is 9.78. The summed E-state index contributed by atoms with van der Waals surface area (Å²) in [5, 5.41) is 5.04. The third-order valence-corrected chi connectivity index (χ3v) is 6.17. The third kappa shape index (κ3) is 7.00. The van der Waals surface area contributed by atoms with Crippen molar-refractivity contribution in [3.63, 3.8) is 0 Å². The highest BCUT2D eigenvalue weighted by Gasteiger charge is 2.30. The topological polar surface area (TPSA) is 61.4 Å². The van der Waals surface area contributed by atoms with Crippen molar-refractivity contribution in [2.75, 3.05) is 13.6 Å². The van der Waals surface area contributed by atoms with Crippen LogP contribution in [0.3, 0.4) is 0 Å². The van der Waals surface area contributed by atoms with Crippen LogP contribution in [0.25, 0.3) is 0 Å². The maximum Gasteiger partial charge on any atom is 0.405 e. The molecule has 1 aromatic rings. The number of amides is 2. The number of benzene rings is 1. The number of nitrogens with one attached hydrogen (secondary N) is 2. The molecule has 0 saturated heterocycles. The normalized spacial score (nSPS) is 23.1. The molecule has 0 aliphatic heterocycles. The fourth-order valence-corrected chi connectivity index (χ4v) is 3.76. The van der Waals surface area contributed by atoms with Crippen LogP contribution in [0.4, 0.5) is 13.2 Å². The number of nitrogens with zero attached hydrogens (tertiary/aromatic N) is 1. The maximum absolute atomic E-state index is 12.7. The largest absolute Gasteiger partial charge is 0.405 e. The first-order valence-corrected chi connectivity index (χ1v) is 10.4. The number of carbonyl (C=O) groups is 2. The van der Waals surface area contributed by atoms with Crippen LogP contribution < -0.4 is 10.6 Å². The second-order valence-corrected chi connectivity index (χ2v) is 8.47. The van der Waals surface area contributed by atoms with Crippen LogP contribution in [0.15, 0.2) is 24.3 Å². The van der Waals surface area contributed by atoms with Gasteiger partial charge in [-0.15, -0.1) is 0 Å². The molecular weight excluding hydrogens is 395 g/mol. The van der Waals surface area contributed by atoms with Crippen LogP contribution in [0.5, 0.6) is 0 Å². The number of rotatable bonds is 7. The summed E-state index contributed by atoms with van der Waals surface area (Å²) in [6.45, 7) is 5.39. The Labute approximate surface area is 176 Å². The summed E-state index contributed by atoms with van der Waals surface area (Å²) in [6.07, 6.45) is -1.11. The van der Waals surface area contributed by atoms with E-state index in [0.717, 1.165) is 18.4 Å². The van der Waals surface area contributed by atoms with Crippen molar-refractivity contribution in [2.24, 2.45) is 11.8 Å². The molecule has 0 spiro atoms. The van der Waals surface area contributed by atoms with Crippen molar-refractivity contribution in [3.05, 3.63) is 35.4 Å². The maximum atomic E-state index is 12.7. The Hall–Kier alpha value is -2.09. The molecule has 4 atom stereocenters. The summed E-state index contributed by atoms with van der Waals surface area (Å²) < 4.78 is 36.6. The van der Waals surface area contributed by atoms with Gasteiger partial charge in [0.15, 0.2) is 0 Å². The monoisotopic (exact) mass is 427 g/mol. The lowest BCUT2D eigenvalue weighted by Crippen LogP contribution is -2.50. The predicted octanol–water partition coefficient (Wildman–Crippen LogP) is 3.74. The third-order valence-electron chi connectivity index (χ3n) is 6.17. The molecular formula is C22H32F3N3O2. The Morgan fingerprint density at radius 2 is 1.80 bits per heavy atom. The highest BCUT2D eigenvalue weighted by molar-refractivity contribution is 5.94. The van der Waals surface area contributed by atoms with E-state index in [4.69, 9.17) is 0 Å². The molecule has 1 aliphatic rings. The standard InChI is InChI=1S/C22H32F3N3O2/c1-14-6-5-7-19(15(14)2)27-20(29)16(3)28(4)12-17-8-10-18(11-9-17)21(30)26-13-22(23,24)25/h8-11,14-16,19H,5-7,12-13H2,1-4H3,(H,26,30)(H,27,29)/t14-,15+,16-,19+/m1/s1. The fraction of sp³-hybridized carbons (Fsp3) is 0.636. The molecule has 0 heterocycles. The summed E-state index contributed by atoms with van der Waals surface area (Å²) >= 11 is 0. The van der Waals surface area contributed by atoms with Crippen LogP contribution in [-0.4, -0.2) is 48.6 Å². The lowest BCUT2D eigenvalue weighted by molar-refractivity contribution is -0.127. The van der Waals surface area contributed by atoms with Crippen LogP contribution >= 0.6 is 0 Å². The summed E-state index contributed by atoms with van der Waals surface area (Å²) in [5.41, 5.74) is 1.03. The Morgan fingerprint density at radius 1 is 1.17 bits per heavy atom. The minimum atomic E-state index is -4.44. The van der Waals surface area contributed by atoms with E-state index in [-0.39, 0.29) is 23.6 Å². The molecule has 2 amide bonds. The summed E-state index contributed by atoms with van der Waals surface area (Å²) in [7, 11) is 1.85. The molecule has 0 aromatic heterocycles. The van der Waals surface area contributed by atoms with E-state index < -0.39 is 18.6 Å². The molecule has 1 aromatic carbocycles. The first-order chi connectivity index (χ1) is 14.0. The van der Waals surface area contributed by atoms with E-state index in [1.807, 2.05) is 24.2 Å². The van der Waals surface area contributed by atoms with Crippen molar-refractivity contribution in [3.8, 4) is 0 Å². The van der Waals surface area contributed by atoms with Gasteiger partial charge in [-0.2, -0.15) is 13.2 Å². The molecule has 0 unspecified atom stereocenters. The quantitative estimate of drug-likeness (QED) is 0.697. The van der Waals surface area contributed by atoms with Gasteiger partial charge in [0.25, 0.3) is 5.91 Å². The molecule has 1 saturated carbocycles. The molecule has 168 valence electrons. The van der Waals surface area contributed by atoms with Crippen LogP contribution in [0.2, 0.25) is 0 Å². The minimum Gasteiger partial charge on any atom is -0.352 e. The van der Waals surface area contributed by atoms with Gasteiger partial charge >= 0.3 is 6.18 Å². The zero-order valence-corrected chi connectivity index (χ0v) is 18.1. The molecule has 0 bridgehead atoms. The van der Waals surface area contributed by atoms with Crippen LogP contribution in [0.1, 0.15) is 56.0 Å². The number of likely N-dealkylation sites (N-methyl/N-ethyl adjacent to an activating group) is 1. The Morgan fingerprint density at radius 3 is 2.40 bits per heavy atom. The van der Waals surface area contributed by atoms with Crippen molar-refractivity contribution < 1.29 is 22.8 Å². The smallest absolute Gasteiger partial charge is 0.352 e. The van der Waals surface area contributed by atoms with Crippen molar-refractivity contribution in [1.82, 2.24) is 15.5 Å². The van der Waals surface area contributed by atoms with Crippen LogP contribution in [0, 0.1) is 11.8 Å². The number of hydrogen-bond donors (Lipinski definition) is 2. The second-order valence-electron chi connectivity index (χ2n) is 8.47. The molecule has 2 N–H and O–H groups in total. The molecule has 8 heteroatoms. The van der Waals surface area contributed by atoms with E-state index in [2.05, 4.69) is 19.2 Å². The van der Waals surface area contributed by atoms with Gasteiger partial charge in [-0.1, -0.05) is 38.8 Å². The second kappa shape index (κ2) is 10.3. The Bertz CT molecular complexity index is 721. The van der Waals surface area contributed by atoms with Crippen LogP contribution in [-0.2, 0) is 11.3 Å². The number of alkyl halides is 3. The van der Waals surface area contributed by atoms with E-state index >= 15 is 0 Å². The molecule has 2 rings (SSSR count). The van der Waals surface area contributed by atoms with Gasteiger partial charge in [0.1, 0.15) is 6.54 Å². The minimum absolute atomic E-state index is 0.00778. The predicted molar refractivity (Wildman–Crippen MR) is 110 cm³/mol. The van der Waals surface area contributed by atoms with Gasteiger partial charge in [-0.25, -0.2) is 0 Å². The molecule has 5 nitrogen and oxygen atoms in total. The van der Waals surface area contributed by atoms with E-state index in [9.17, 15) is 22.8 Å². The fourth-order valence-electron chi connectivity index (χ4n) is 3.76. The highest BCUT2D eigenvalue weighted by Crippen LogP contribution is 2.29. The first-order valence-electron chi connectivity index (χ1n) is 10.4. The van der Waals surface area contributed by atoms with E-state index in [1.54, 1.807) is 12.1 Å². The SMILES string of the molecule is C[C@H]1[C@H](C)CCC[C@@H]1NC(=O)[C@@H](C)N(C)Cc1ccc(C(=O)NCC(F)(F)F)cc1. The Balaban J connectivity index is 1.87. The number of hydrogen-bond acceptors (Lipinski definition) is 3.